The van der Waals surface area contributed by atoms with Gasteiger partial charge in [-0.2, -0.15) is 0 Å². The van der Waals surface area contributed by atoms with Crippen LogP contribution in [0.3, 0.4) is 0 Å². The van der Waals surface area contributed by atoms with Crippen LogP contribution < -0.4 is 0 Å². The zero-order valence-corrected chi connectivity index (χ0v) is 16.2. The second-order valence-corrected chi connectivity index (χ2v) is 7.13. The van der Waals surface area contributed by atoms with E-state index < -0.39 is 0 Å². The number of hydrogen-bond acceptors (Lipinski definition) is 4. The van der Waals surface area contributed by atoms with Crippen LogP contribution in [0.15, 0.2) is 0 Å². The van der Waals surface area contributed by atoms with Gasteiger partial charge in [0.05, 0.1) is 13.2 Å². The van der Waals surface area contributed by atoms with Crippen LogP contribution in [0.4, 0.5) is 0 Å². The molecule has 2 fully saturated rings. The Kier molecular flexibility index (Phi) is 10.00. The number of carbonyl (C=O) groups is 1. The molecule has 0 aromatic heterocycles. The highest BCUT2D eigenvalue weighted by Crippen LogP contribution is 2.24. The monoisotopic (exact) mass is 325 g/mol. The molecular formula is C19H39N3O. The van der Waals surface area contributed by atoms with E-state index in [1.54, 1.807) is 0 Å². The van der Waals surface area contributed by atoms with E-state index in [1.807, 2.05) is 20.8 Å². The third-order valence-electron chi connectivity index (χ3n) is 5.23. The highest BCUT2D eigenvalue weighted by molar-refractivity contribution is 5.80. The van der Waals surface area contributed by atoms with Gasteiger partial charge in [-0.05, 0) is 37.8 Å². The molecule has 2 heterocycles. The van der Waals surface area contributed by atoms with Crippen molar-refractivity contribution in [3.8, 4) is 0 Å². The van der Waals surface area contributed by atoms with E-state index in [2.05, 4.69) is 28.5 Å². The summed E-state index contributed by atoms with van der Waals surface area (Å²) in [7, 11) is 0. The van der Waals surface area contributed by atoms with Crippen molar-refractivity contribution in [1.29, 1.82) is 0 Å². The topological polar surface area (TPSA) is 26.8 Å². The molecule has 0 aromatic rings. The van der Waals surface area contributed by atoms with Gasteiger partial charge in [-0.1, -0.05) is 34.6 Å². The molecule has 4 nitrogen and oxygen atoms in total. The second-order valence-electron chi connectivity index (χ2n) is 7.13. The fourth-order valence-corrected chi connectivity index (χ4v) is 3.49. The van der Waals surface area contributed by atoms with Crippen molar-refractivity contribution in [1.82, 2.24) is 14.7 Å². The molecule has 0 unspecified atom stereocenters. The lowest BCUT2D eigenvalue weighted by molar-refractivity contribution is -0.120. The Morgan fingerprint density at radius 3 is 1.87 bits per heavy atom. The number of piperidine rings is 1. The van der Waals surface area contributed by atoms with Crippen LogP contribution in [0, 0.1) is 11.8 Å². The van der Waals surface area contributed by atoms with Crippen molar-refractivity contribution >= 4 is 5.78 Å². The van der Waals surface area contributed by atoms with Crippen LogP contribution in [-0.4, -0.2) is 73.0 Å². The number of rotatable bonds is 6. The van der Waals surface area contributed by atoms with Crippen molar-refractivity contribution < 1.29 is 4.79 Å². The van der Waals surface area contributed by atoms with Gasteiger partial charge in [0, 0.05) is 32.6 Å². The fraction of sp³-hybridized carbons (Fsp3) is 0.947. The van der Waals surface area contributed by atoms with E-state index in [9.17, 15) is 4.79 Å². The summed E-state index contributed by atoms with van der Waals surface area (Å²) in [4.78, 5) is 19.0. The third-order valence-corrected chi connectivity index (χ3v) is 5.23. The molecule has 0 N–H and O–H groups in total. The molecule has 0 radical (unpaired) electrons. The molecule has 0 aromatic carbocycles. The number of carbonyl (C=O) groups excluding carboxylic acids is 1. The highest BCUT2D eigenvalue weighted by Gasteiger charge is 2.24. The van der Waals surface area contributed by atoms with Crippen LogP contribution in [0.2, 0.25) is 0 Å². The van der Waals surface area contributed by atoms with Crippen molar-refractivity contribution in [2.24, 2.45) is 11.8 Å². The SMILES string of the molecule is CC.CCC(=O)CN1CCN(CN2CCC(C(C)C)CC2)CC1. The zero-order valence-electron chi connectivity index (χ0n) is 16.2. The summed E-state index contributed by atoms with van der Waals surface area (Å²) < 4.78 is 0. The van der Waals surface area contributed by atoms with Crippen molar-refractivity contribution in [3.05, 3.63) is 0 Å². The van der Waals surface area contributed by atoms with Crippen molar-refractivity contribution in [2.45, 2.75) is 53.9 Å². The lowest BCUT2D eigenvalue weighted by Crippen LogP contribution is -2.52. The maximum atomic E-state index is 11.5. The van der Waals surface area contributed by atoms with Gasteiger partial charge in [0.25, 0.3) is 0 Å². The molecule has 2 aliphatic rings. The molecule has 136 valence electrons. The summed E-state index contributed by atoms with van der Waals surface area (Å²) in [5, 5.41) is 0. The van der Waals surface area contributed by atoms with Gasteiger partial charge < -0.3 is 0 Å². The quantitative estimate of drug-likeness (QED) is 0.750. The van der Waals surface area contributed by atoms with E-state index in [4.69, 9.17) is 0 Å². The minimum Gasteiger partial charge on any atom is -0.298 e. The Bertz CT molecular complexity index is 317. The summed E-state index contributed by atoms with van der Waals surface area (Å²) in [6, 6.07) is 0. The molecule has 2 saturated heterocycles. The predicted octanol–water partition coefficient (Wildman–Crippen LogP) is 2.93. The summed E-state index contributed by atoms with van der Waals surface area (Å²) >= 11 is 0. The number of piperazine rings is 1. The number of likely N-dealkylation sites (tertiary alicyclic amines) is 1. The lowest BCUT2D eigenvalue weighted by Gasteiger charge is -2.40. The van der Waals surface area contributed by atoms with Gasteiger partial charge in [0.2, 0.25) is 0 Å². The van der Waals surface area contributed by atoms with E-state index in [0.29, 0.717) is 18.7 Å². The van der Waals surface area contributed by atoms with E-state index >= 15 is 0 Å². The molecule has 2 aliphatic heterocycles. The second kappa shape index (κ2) is 11.2. The Hall–Kier alpha value is -0.450. The molecule has 0 aliphatic carbocycles. The maximum absolute atomic E-state index is 11.5. The summed E-state index contributed by atoms with van der Waals surface area (Å²) in [6.07, 6.45) is 3.40. The van der Waals surface area contributed by atoms with E-state index in [1.165, 1.54) is 25.9 Å². The average molecular weight is 326 g/mol. The predicted molar refractivity (Wildman–Crippen MR) is 98.7 cm³/mol. The number of Topliss-reactive ketones (excluding diaryl/α,β-unsaturated/α-hetero) is 1. The van der Waals surface area contributed by atoms with E-state index in [0.717, 1.165) is 44.7 Å². The highest BCUT2D eigenvalue weighted by atomic mass is 16.1. The molecule has 0 bridgehead atoms. The van der Waals surface area contributed by atoms with Gasteiger partial charge in [-0.25, -0.2) is 0 Å². The molecule has 0 atom stereocenters. The first-order chi connectivity index (χ1) is 11.1. The van der Waals surface area contributed by atoms with Gasteiger partial charge >= 0.3 is 0 Å². The third kappa shape index (κ3) is 7.32. The molecule has 2 rings (SSSR count). The maximum Gasteiger partial charge on any atom is 0.146 e. The van der Waals surface area contributed by atoms with Crippen molar-refractivity contribution in [2.75, 3.05) is 52.5 Å². The normalized spacial score (nSPS) is 22.0. The zero-order chi connectivity index (χ0) is 17.2. The largest absolute Gasteiger partial charge is 0.298 e. The van der Waals surface area contributed by atoms with Crippen LogP contribution in [0.5, 0.6) is 0 Å². The summed E-state index contributed by atoms with van der Waals surface area (Å²) in [5.74, 6) is 2.14. The van der Waals surface area contributed by atoms with E-state index in [-0.39, 0.29) is 0 Å². The minimum atomic E-state index is 0.374. The Balaban J connectivity index is 0.00000127. The Labute approximate surface area is 144 Å². The summed E-state index contributed by atoms with van der Waals surface area (Å²) in [6.45, 7) is 19.3. The molecular weight excluding hydrogens is 286 g/mol. The van der Waals surface area contributed by atoms with Gasteiger partial charge in [-0.15, -0.1) is 0 Å². The molecule has 4 heteroatoms. The Morgan fingerprint density at radius 2 is 1.39 bits per heavy atom. The smallest absolute Gasteiger partial charge is 0.146 e. The molecule has 23 heavy (non-hydrogen) atoms. The number of ketones is 1. The van der Waals surface area contributed by atoms with Crippen LogP contribution in [0.1, 0.15) is 53.9 Å². The fourth-order valence-electron chi connectivity index (χ4n) is 3.49. The lowest BCUT2D eigenvalue weighted by atomic mass is 9.87. The summed E-state index contributed by atoms with van der Waals surface area (Å²) in [5.41, 5.74) is 0. The standard InChI is InChI=1S/C17H33N3O.C2H6/c1-4-17(21)13-18-9-11-20(12-10-18)14-19-7-5-16(6-8-19)15(2)3;1-2/h15-16H,4-14H2,1-3H3;1-2H3. The first-order valence-corrected chi connectivity index (χ1v) is 9.77. The van der Waals surface area contributed by atoms with Crippen LogP contribution in [-0.2, 0) is 4.79 Å². The van der Waals surface area contributed by atoms with Crippen molar-refractivity contribution in [3.63, 3.8) is 0 Å². The van der Waals surface area contributed by atoms with Gasteiger partial charge in [0.1, 0.15) is 5.78 Å². The Morgan fingerprint density at radius 1 is 0.913 bits per heavy atom. The van der Waals surface area contributed by atoms with Gasteiger partial charge in [-0.3, -0.25) is 19.5 Å². The molecule has 0 amide bonds. The first kappa shape index (κ1) is 20.6. The number of hydrogen-bond donors (Lipinski definition) is 0. The average Bonchev–Trinajstić information content (AvgIpc) is 2.59. The van der Waals surface area contributed by atoms with Crippen LogP contribution >= 0.6 is 0 Å². The van der Waals surface area contributed by atoms with Gasteiger partial charge in [0.15, 0.2) is 0 Å². The molecule has 0 saturated carbocycles. The molecule has 0 spiro atoms. The minimum absolute atomic E-state index is 0.374. The number of nitrogens with zero attached hydrogens (tertiary/aromatic N) is 3. The van der Waals surface area contributed by atoms with Crippen LogP contribution in [0.25, 0.3) is 0 Å². The first-order valence-electron chi connectivity index (χ1n) is 9.77.